The van der Waals surface area contributed by atoms with Gasteiger partial charge in [0.05, 0.1) is 28.5 Å². The maximum Gasteiger partial charge on any atom is 0.275 e. The lowest BCUT2D eigenvalue weighted by atomic mass is 10.2. The topological polar surface area (TPSA) is 70.1 Å². The van der Waals surface area contributed by atoms with Crippen molar-refractivity contribution >= 4 is 23.5 Å². The summed E-state index contributed by atoms with van der Waals surface area (Å²) < 4.78 is 13.4. The van der Waals surface area contributed by atoms with E-state index in [2.05, 4.69) is 20.7 Å². The molecule has 1 aromatic carbocycles. The van der Waals surface area contributed by atoms with E-state index in [4.69, 9.17) is 0 Å². The second-order valence-electron chi connectivity index (χ2n) is 4.36. The van der Waals surface area contributed by atoms with Gasteiger partial charge in [-0.3, -0.25) is 9.89 Å². The van der Waals surface area contributed by atoms with Gasteiger partial charge in [0.25, 0.3) is 5.91 Å². The standard InChI is InChI=1S/C15H11FN4OS/c16-12-5-2-1-4-10(12)8-17-20-15(21)11-9-18-19-14(11)13-6-3-7-22-13/h1-9H,(H,18,19)(H,20,21)/b17-8+. The Balaban J connectivity index is 1.74. The highest BCUT2D eigenvalue weighted by Crippen LogP contribution is 2.25. The predicted molar refractivity (Wildman–Crippen MR) is 83.4 cm³/mol. The minimum Gasteiger partial charge on any atom is -0.276 e. The van der Waals surface area contributed by atoms with Gasteiger partial charge in [0.1, 0.15) is 5.82 Å². The minimum absolute atomic E-state index is 0.300. The fourth-order valence-electron chi connectivity index (χ4n) is 1.87. The molecule has 0 unspecified atom stereocenters. The van der Waals surface area contributed by atoms with Crippen LogP contribution in [0, 0.1) is 5.82 Å². The first-order valence-corrected chi connectivity index (χ1v) is 7.29. The van der Waals surface area contributed by atoms with Crippen molar-refractivity contribution < 1.29 is 9.18 Å². The van der Waals surface area contributed by atoms with Crippen molar-refractivity contribution in [2.75, 3.05) is 0 Å². The van der Waals surface area contributed by atoms with E-state index in [1.807, 2.05) is 17.5 Å². The van der Waals surface area contributed by atoms with Crippen LogP contribution in [0.1, 0.15) is 15.9 Å². The molecule has 0 aliphatic rings. The molecule has 2 N–H and O–H groups in total. The van der Waals surface area contributed by atoms with E-state index < -0.39 is 11.7 Å². The van der Waals surface area contributed by atoms with Crippen LogP contribution in [-0.4, -0.2) is 22.3 Å². The number of benzene rings is 1. The number of aromatic amines is 1. The molecule has 110 valence electrons. The van der Waals surface area contributed by atoms with Gasteiger partial charge in [-0.2, -0.15) is 10.2 Å². The summed E-state index contributed by atoms with van der Waals surface area (Å²) in [6.45, 7) is 0. The molecular formula is C15H11FN4OS. The molecule has 0 fully saturated rings. The molecule has 0 spiro atoms. The fraction of sp³-hybridized carbons (Fsp3) is 0. The van der Waals surface area contributed by atoms with E-state index in [1.165, 1.54) is 29.8 Å². The van der Waals surface area contributed by atoms with Crippen molar-refractivity contribution in [2.45, 2.75) is 0 Å². The summed E-state index contributed by atoms with van der Waals surface area (Å²) in [6.07, 6.45) is 2.70. The molecule has 0 bridgehead atoms. The number of carbonyl (C=O) groups excluding carboxylic acids is 1. The van der Waals surface area contributed by atoms with Crippen molar-refractivity contribution in [2.24, 2.45) is 5.10 Å². The van der Waals surface area contributed by atoms with Crippen LogP contribution in [0.4, 0.5) is 4.39 Å². The summed E-state index contributed by atoms with van der Waals surface area (Å²) in [5, 5.41) is 12.4. The van der Waals surface area contributed by atoms with Crippen molar-refractivity contribution in [3.05, 3.63) is 64.9 Å². The number of hydrazone groups is 1. The van der Waals surface area contributed by atoms with Crippen LogP contribution >= 0.6 is 11.3 Å². The Labute approximate surface area is 129 Å². The zero-order valence-corrected chi connectivity index (χ0v) is 12.1. The Morgan fingerprint density at radius 1 is 1.32 bits per heavy atom. The van der Waals surface area contributed by atoms with Gasteiger partial charge < -0.3 is 0 Å². The molecule has 22 heavy (non-hydrogen) atoms. The zero-order chi connectivity index (χ0) is 15.4. The lowest BCUT2D eigenvalue weighted by Gasteiger charge is -2.00. The van der Waals surface area contributed by atoms with E-state index in [-0.39, 0.29) is 0 Å². The molecule has 0 aliphatic heterocycles. The quantitative estimate of drug-likeness (QED) is 0.574. The monoisotopic (exact) mass is 314 g/mol. The molecule has 7 heteroatoms. The maximum atomic E-state index is 13.4. The number of H-pyrrole nitrogens is 1. The normalized spacial score (nSPS) is 11.0. The Morgan fingerprint density at radius 2 is 2.18 bits per heavy atom. The third-order valence-electron chi connectivity index (χ3n) is 2.93. The molecular weight excluding hydrogens is 303 g/mol. The van der Waals surface area contributed by atoms with E-state index in [1.54, 1.807) is 18.2 Å². The summed E-state index contributed by atoms with van der Waals surface area (Å²) in [4.78, 5) is 13.0. The molecule has 5 nitrogen and oxygen atoms in total. The smallest absolute Gasteiger partial charge is 0.275 e. The molecule has 3 aromatic rings. The van der Waals surface area contributed by atoms with Crippen molar-refractivity contribution in [1.29, 1.82) is 0 Å². The highest BCUT2D eigenvalue weighted by molar-refractivity contribution is 7.13. The van der Waals surface area contributed by atoms with Crippen molar-refractivity contribution in [3.63, 3.8) is 0 Å². The Kier molecular flexibility index (Phi) is 4.06. The van der Waals surface area contributed by atoms with Crippen LogP contribution in [0.3, 0.4) is 0 Å². The summed E-state index contributed by atoms with van der Waals surface area (Å²) in [7, 11) is 0. The van der Waals surface area contributed by atoms with Crippen LogP contribution in [0.2, 0.25) is 0 Å². The van der Waals surface area contributed by atoms with Gasteiger partial charge in [-0.25, -0.2) is 9.82 Å². The molecule has 2 heterocycles. The van der Waals surface area contributed by atoms with Gasteiger partial charge in [0, 0.05) is 5.56 Å². The third-order valence-corrected chi connectivity index (χ3v) is 3.81. The van der Waals surface area contributed by atoms with Gasteiger partial charge >= 0.3 is 0 Å². The second-order valence-corrected chi connectivity index (χ2v) is 5.30. The van der Waals surface area contributed by atoms with Crippen LogP contribution in [0.5, 0.6) is 0 Å². The van der Waals surface area contributed by atoms with Gasteiger partial charge in [-0.05, 0) is 17.5 Å². The summed E-state index contributed by atoms with van der Waals surface area (Å²) in [6, 6.07) is 9.95. The molecule has 1 amide bonds. The summed E-state index contributed by atoms with van der Waals surface area (Å²) in [5.74, 6) is -0.812. The number of thiophene rings is 1. The highest BCUT2D eigenvalue weighted by atomic mass is 32.1. The first-order valence-electron chi connectivity index (χ1n) is 6.41. The van der Waals surface area contributed by atoms with Crippen LogP contribution in [0.25, 0.3) is 10.6 Å². The number of nitrogens with zero attached hydrogens (tertiary/aromatic N) is 2. The number of rotatable bonds is 4. The average molecular weight is 314 g/mol. The lowest BCUT2D eigenvalue weighted by molar-refractivity contribution is 0.0956. The average Bonchev–Trinajstić information content (AvgIpc) is 3.19. The maximum absolute atomic E-state index is 13.4. The SMILES string of the molecule is O=C(N/N=C/c1ccccc1F)c1cn[nH]c1-c1cccs1. The second kappa shape index (κ2) is 6.31. The van der Waals surface area contributed by atoms with Crippen molar-refractivity contribution in [3.8, 4) is 10.6 Å². The van der Waals surface area contributed by atoms with E-state index in [9.17, 15) is 9.18 Å². The van der Waals surface area contributed by atoms with Crippen LogP contribution < -0.4 is 5.43 Å². The summed E-state index contributed by atoms with van der Waals surface area (Å²) >= 11 is 1.50. The van der Waals surface area contributed by atoms with E-state index in [0.717, 1.165) is 4.88 Å². The fourth-order valence-corrected chi connectivity index (χ4v) is 2.60. The molecule has 3 rings (SSSR count). The first-order chi connectivity index (χ1) is 10.8. The number of halogens is 1. The number of aromatic nitrogens is 2. The largest absolute Gasteiger partial charge is 0.276 e. The number of carbonyl (C=O) groups is 1. The molecule has 0 aliphatic carbocycles. The van der Waals surface area contributed by atoms with Crippen molar-refractivity contribution in [1.82, 2.24) is 15.6 Å². The Hall–Kier alpha value is -2.80. The van der Waals surface area contributed by atoms with E-state index >= 15 is 0 Å². The third kappa shape index (κ3) is 2.94. The Morgan fingerprint density at radius 3 is 2.95 bits per heavy atom. The number of amides is 1. The van der Waals surface area contributed by atoms with E-state index in [0.29, 0.717) is 16.8 Å². The lowest BCUT2D eigenvalue weighted by Crippen LogP contribution is -2.17. The molecule has 0 radical (unpaired) electrons. The van der Waals surface area contributed by atoms with Gasteiger partial charge in [0.2, 0.25) is 0 Å². The number of nitrogens with one attached hydrogen (secondary N) is 2. The van der Waals surface area contributed by atoms with Gasteiger partial charge in [-0.15, -0.1) is 11.3 Å². The predicted octanol–water partition coefficient (Wildman–Crippen LogP) is 3.04. The van der Waals surface area contributed by atoms with Crippen LogP contribution in [-0.2, 0) is 0 Å². The molecule has 0 saturated heterocycles. The number of hydrogen-bond acceptors (Lipinski definition) is 4. The highest BCUT2D eigenvalue weighted by Gasteiger charge is 2.15. The number of hydrogen-bond donors (Lipinski definition) is 2. The van der Waals surface area contributed by atoms with Gasteiger partial charge in [-0.1, -0.05) is 24.3 Å². The molecule has 0 atom stereocenters. The Bertz CT molecular complexity index is 811. The first kappa shape index (κ1) is 14.2. The molecule has 2 aromatic heterocycles. The minimum atomic E-state index is -0.412. The zero-order valence-electron chi connectivity index (χ0n) is 11.3. The summed E-state index contributed by atoms with van der Waals surface area (Å²) in [5.41, 5.74) is 3.69. The molecule has 0 saturated carbocycles. The van der Waals surface area contributed by atoms with Crippen LogP contribution in [0.15, 0.2) is 53.1 Å². The van der Waals surface area contributed by atoms with Gasteiger partial charge in [0.15, 0.2) is 0 Å².